The van der Waals surface area contributed by atoms with E-state index >= 15 is 0 Å². The quantitative estimate of drug-likeness (QED) is 0.581. The fraction of sp³-hybridized carbons (Fsp3) is 0.500. The maximum absolute atomic E-state index is 10.8. The van der Waals surface area contributed by atoms with Crippen LogP contribution in [0.1, 0.15) is 5.69 Å². The number of ether oxygens (including phenoxy) is 1. The van der Waals surface area contributed by atoms with E-state index in [0.29, 0.717) is 5.69 Å². The van der Waals surface area contributed by atoms with Crippen LogP contribution >= 0.6 is 11.3 Å². The topological polar surface area (TPSA) is 91.7 Å². The van der Waals surface area contributed by atoms with Gasteiger partial charge in [0.15, 0.2) is 0 Å². The summed E-state index contributed by atoms with van der Waals surface area (Å²) < 4.78 is 4.51. The highest BCUT2D eigenvalue weighted by Gasteiger charge is 2.21. The van der Waals surface area contributed by atoms with E-state index in [2.05, 4.69) is 15.0 Å². The highest BCUT2D eigenvalue weighted by Crippen LogP contribution is 2.05. The predicted molar refractivity (Wildman–Crippen MR) is 53.4 cm³/mol. The second kappa shape index (κ2) is 5.76. The van der Waals surface area contributed by atoms with E-state index in [0.717, 1.165) is 0 Å². The van der Waals surface area contributed by atoms with Crippen molar-refractivity contribution >= 4 is 17.3 Å². The highest BCUT2D eigenvalue weighted by atomic mass is 32.1. The van der Waals surface area contributed by atoms with Crippen molar-refractivity contribution in [3.8, 4) is 0 Å². The molecule has 0 radical (unpaired) electrons. The Morgan fingerprint density at radius 2 is 2.53 bits per heavy atom. The Morgan fingerprint density at radius 1 is 1.80 bits per heavy atom. The van der Waals surface area contributed by atoms with E-state index in [1.807, 2.05) is 0 Å². The van der Waals surface area contributed by atoms with Crippen LogP contribution in [0, 0.1) is 0 Å². The number of hydrogen-bond donors (Lipinski definition) is 3. The monoisotopic (exact) mass is 232 g/mol. The van der Waals surface area contributed by atoms with E-state index in [1.54, 1.807) is 10.9 Å². The number of methoxy groups -OCH3 is 1. The molecule has 1 aromatic rings. The van der Waals surface area contributed by atoms with Crippen molar-refractivity contribution in [3.63, 3.8) is 0 Å². The number of nitrogens with one attached hydrogen (secondary N) is 1. The predicted octanol–water partition coefficient (Wildman–Crippen LogP) is -0.349. The lowest BCUT2D eigenvalue weighted by Crippen LogP contribution is -2.45. The molecule has 1 heterocycles. The summed E-state index contributed by atoms with van der Waals surface area (Å²) in [7, 11) is 1.28. The van der Waals surface area contributed by atoms with Gasteiger partial charge in [-0.05, 0) is 0 Å². The van der Waals surface area contributed by atoms with Crippen LogP contribution in [0.3, 0.4) is 0 Å². The molecule has 2 unspecified atom stereocenters. The number of thiazole rings is 1. The number of nitrogens with zero attached hydrogens (tertiary/aromatic N) is 1. The highest BCUT2D eigenvalue weighted by molar-refractivity contribution is 7.07. The van der Waals surface area contributed by atoms with Crippen LogP contribution in [-0.4, -0.2) is 40.7 Å². The lowest BCUT2D eigenvalue weighted by atomic mass is 10.2. The van der Waals surface area contributed by atoms with Gasteiger partial charge >= 0.3 is 5.97 Å². The molecule has 0 bridgehead atoms. The van der Waals surface area contributed by atoms with E-state index < -0.39 is 18.4 Å². The molecular formula is C8H12N2O4S. The van der Waals surface area contributed by atoms with Gasteiger partial charge in [-0.1, -0.05) is 0 Å². The first-order chi connectivity index (χ1) is 7.13. The molecule has 6 nitrogen and oxygen atoms in total. The molecule has 1 rings (SSSR count). The average Bonchev–Trinajstić information content (AvgIpc) is 2.69. The molecule has 0 aliphatic rings. The fourth-order valence-corrected chi connectivity index (χ4v) is 1.58. The largest absolute Gasteiger partial charge is 0.480 e. The first-order valence-corrected chi connectivity index (χ1v) is 5.14. The summed E-state index contributed by atoms with van der Waals surface area (Å²) in [4.78, 5) is 14.8. The smallest absolute Gasteiger partial charge is 0.321 e. The minimum Gasteiger partial charge on any atom is -0.480 e. The lowest BCUT2D eigenvalue weighted by Gasteiger charge is -2.16. The van der Waals surface area contributed by atoms with Gasteiger partial charge in [0, 0.05) is 18.9 Å². The van der Waals surface area contributed by atoms with Crippen LogP contribution in [-0.2, 0) is 16.0 Å². The van der Waals surface area contributed by atoms with Crippen LogP contribution in [0.25, 0.3) is 0 Å². The second-order valence-electron chi connectivity index (χ2n) is 2.83. The number of aliphatic hydroxyl groups excluding tert-OH is 1. The first-order valence-electron chi connectivity index (χ1n) is 4.20. The maximum atomic E-state index is 10.8. The molecule has 0 aliphatic heterocycles. The molecule has 0 saturated carbocycles. The molecule has 2 atom stereocenters. The van der Waals surface area contributed by atoms with Crippen molar-refractivity contribution in [1.29, 1.82) is 0 Å². The second-order valence-corrected chi connectivity index (χ2v) is 3.55. The number of carboxylic acids is 1. The van der Waals surface area contributed by atoms with Crippen LogP contribution in [0.5, 0.6) is 0 Å². The van der Waals surface area contributed by atoms with E-state index in [4.69, 9.17) is 10.2 Å². The zero-order valence-corrected chi connectivity index (χ0v) is 8.90. The summed E-state index contributed by atoms with van der Waals surface area (Å²) in [6.07, 6.45) is -1.08. The zero-order valence-electron chi connectivity index (χ0n) is 8.08. The normalized spacial score (nSPS) is 14.8. The Bertz CT molecular complexity index is 304. The van der Waals surface area contributed by atoms with Crippen molar-refractivity contribution < 1.29 is 19.7 Å². The molecule has 15 heavy (non-hydrogen) atoms. The summed E-state index contributed by atoms with van der Waals surface area (Å²) in [5.41, 5.74) is 2.30. The number of carboxylic acid groups (broad SMARTS) is 1. The van der Waals surface area contributed by atoms with Crippen LogP contribution < -0.4 is 5.32 Å². The Labute approximate surface area is 90.5 Å². The number of aliphatic carboxylic acids is 1. The third kappa shape index (κ3) is 3.92. The Balaban J connectivity index is 2.55. The summed E-state index contributed by atoms with van der Waals surface area (Å²) >= 11 is 1.39. The first kappa shape index (κ1) is 12.1. The molecule has 84 valence electrons. The molecule has 0 spiro atoms. The van der Waals surface area contributed by atoms with Gasteiger partial charge in [-0.15, -0.1) is 11.3 Å². The van der Waals surface area contributed by atoms with E-state index in [9.17, 15) is 4.79 Å². The van der Waals surface area contributed by atoms with Gasteiger partial charge in [0.1, 0.15) is 6.04 Å². The van der Waals surface area contributed by atoms with E-state index in [1.165, 1.54) is 18.4 Å². The molecule has 0 saturated heterocycles. The van der Waals surface area contributed by atoms with Gasteiger partial charge in [-0.3, -0.25) is 10.1 Å². The van der Waals surface area contributed by atoms with Crippen molar-refractivity contribution in [1.82, 2.24) is 10.3 Å². The molecule has 0 aliphatic carbocycles. The van der Waals surface area contributed by atoms with Gasteiger partial charge < -0.3 is 14.9 Å². The van der Waals surface area contributed by atoms with Crippen LogP contribution in [0.15, 0.2) is 10.9 Å². The van der Waals surface area contributed by atoms with E-state index in [-0.39, 0.29) is 6.42 Å². The third-order valence-corrected chi connectivity index (χ3v) is 2.40. The summed E-state index contributed by atoms with van der Waals surface area (Å²) in [5.74, 6) is -1.06. The van der Waals surface area contributed by atoms with Crippen molar-refractivity contribution in [2.45, 2.75) is 18.9 Å². The Morgan fingerprint density at radius 3 is 3.00 bits per heavy atom. The van der Waals surface area contributed by atoms with Gasteiger partial charge in [0.25, 0.3) is 0 Å². The van der Waals surface area contributed by atoms with Crippen molar-refractivity contribution in [2.24, 2.45) is 0 Å². The molecular weight excluding hydrogens is 220 g/mol. The number of hydrogen-bond acceptors (Lipinski definition) is 6. The fourth-order valence-electron chi connectivity index (χ4n) is 1.01. The average molecular weight is 232 g/mol. The third-order valence-electron chi connectivity index (χ3n) is 1.76. The molecule has 0 amide bonds. The summed E-state index contributed by atoms with van der Waals surface area (Å²) in [6, 6.07) is -0.915. The standard InChI is InChI=1S/C8H12N2O4S/c1-14-8(13)10-6(7(11)12)2-5-3-15-4-9-5/h3-4,6,8,10,13H,2H2,1H3,(H,11,12). The summed E-state index contributed by atoms with van der Waals surface area (Å²) in [6.45, 7) is 0. The van der Waals surface area contributed by atoms with Gasteiger partial charge in [-0.2, -0.15) is 0 Å². The SMILES string of the molecule is COC(O)NC(Cc1cscn1)C(=O)O. The number of rotatable bonds is 6. The number of carbonyl (C=O) groups is 1. The Hall–Kier alpha value is -1.02. The molecule has 0 aromatic carbocycles. The van der Waals surface area contributed by atoms with Crippen LogP contribution in [0.2, 0.25) is 0 Å². The van der Waals surface area contributed by atoms with Crippen molar-refractivity contribution in [2.75, 3.05) is 7.11 Å². The number of aromatic nitrogens is 1. The Kier molecular flexibility index (Phi) is 4.63. The van der Waals surface area contributed by atoms with Crippen molar-refractivity contribution in [3.05, 3.63) is 16.6 Å². The van der Waals surface area contributed by atoms with Gasteiger partial charge in [0.05, 0.1) is 11.2 Å². The number of aliphatic hydroxyl groups is 1. The van der Waals surface area contributed by atoms with Gasteiger partial charge in [0.2, 0.25) is 6.41 Å². The van der Waals surface area contributed by atoms with Gasteiger partial charge in [-0.25, -0.2) is 4.98 Å². The molecule has 0 fully saturated rings. The van der Waals surface area contributed by atoms with Crippen LogP contribution in [0.4, 0.5) is 0 Å². The molecule has 7 heteroatoms. The summed E-state index contributed by atoms with van der Waals surface area (Å²) in [5, 5.41) is 22.1. The maximum Gasteiger partial charge on any atom is 0.321 e. The minimum atomic E-state index is -1.29. The zero-order chi connectivity index (χ0) is 11.3. The minimum absolute atomic E-state index is 0.208. The lowest BCUT2D eigenvalue weighted by molar-refractivity contribution is -0.147. The molecule has 1 aromatic heterocycles. The molecule has 3 N–H and O–H groups in total.